The van der Waals surface area contributed by atoms with Crippen LogP contribution in [0.15, 0.2) is 18.5 Å². The minimum absolute atomic E-state index is 0.0229. The third kappa shape index (κ3) is 3.20. The average Bonchev–Trinajstić information content (AvgIpc) is 2.77. The smallest absolute Gasteiger partial charge is 0.227 e. The van der Waals surface area contributed by atoms with E-state index < -0.39 is 0 Å². The Morgan fingerprint density at radius 1 is 1.63 bits per heavy atom. The second-order valence-electron chi connectivity index (χ2n) is 4.43. The third-order valence-electron chi connectivity index (χ3n) is 2.98. The lowest BCUT2D eigenvalue weighted by Crippen LogP contribution is -2.26. The third-order valence-corrected chi connectivity index (χ3v) is 4.02. The standard InChI is InChI=1S/C13H14N2O3S/c1-9(17)19-8-10-4-13(18)15(6-10)12-5-14-3-2-11(12)7-16/h2-3,5,7,10H,4,6,8H2,1H3. The first-order chi connectivity index (χ1) is 9.11. The Labute approximate surface area is 115 Å². The number of hydrogen-bond acceptors (Lipinski definition) is 5. The second-order valence-corrected chi connectivity index (χ2v) is 5.63. The number of thioether (sulfide) groups is 1. The number of pyridine rings is 1. The fourth-order valence-electron chi connectivity index (χ4n) is 2.08. The molecular weight excluding hydrogens is 264 g/mol. The number of rotatable bonds is 4. The Morgan fingerprint density at radius 2 is 2.42 bits per heavy atom. The first kappa shape index (κ1) is 13.7. The molecule has 1 atom stereocenters. The van der Waals surface area contributed by atoms with E-state index in [1.807, 2.05) is 0 Å². The van der Waals surface area contributed by atoms with Crippen molar-refractivity contribution in [3.63, 3.8) is 0 Å². The maximum Gasteiger partial charge on any atom is 0.227 e. The Balaban J connectivity index is 2.11. The summed E-state index contributed by atoms with van der Waals surface area (Å²) in [6, 6.07) is 1.59. The summed E-state index contributed by atoms with van der Waals surface area (Å²) < 4.78 is 0. The molecule has 5 nitrogen and oxygen atoms in total. The van der Waals surface area contributed by atoms with Gasteiger partial charge in [-0.3, -0.25) is 19.4 Å². The SMILES string of the molecule is CC(=O)SCC1CC(=O)N(c2cnccc2C=O)C1. The van der Waals surface area contributed by atoms with Gasteiger partial charge in [-0.05, 0) is 12.0 Å². The van der Waals surface area contributed by atoms with Crippen LogP contribution in [0.5, 0.6) is 0 Å². The van der Waals surface area contributed by atoms with Gasteiger partial charge in [0.05, 0.1) is 11.9 Å². The number of aldehydes is 1. The minimum atomic E-state index is -0.0229. The monoisotopic (exact) mass is 278 g/mol. The van der Waals surface area contributed by atoms with Crippen molar-refractivity contribution >= 4 is 34.8 Å². The van der Waals surface area contributed by atoms with Gasteiger partial charge in [0.15, 0.2) is 11.4 Å². The fraction of sp³-hybridized carbons (Fsp3) is 0.385. The second kappa shape index (κ2) is 5.97. The van der Waals surface area contributed by atoms with Crippen molar-refractivity contribution in [3.8, 4) is 0 Å². The van der Waals surface area contributed by atoms with Gasteiger partial charge >= 0.3 is 0 Å². The van der Waals surface area contributed by atoms with Crippen LogP contribution in [-0.2, 0) is 9.59 Å². The first-order valence-corrected chi connectivity index (χ1v) is 6.93. The Kier molecular flexibility index (Phi) is 4.31. The van der Waals surface area contributed by atoms with E-state index in [0.29, 0.717) is 30.0 Å². The molecule has 0 aliphatic carbocycles. The molecule has 2 rings (SSSR count). The Hall–Kier alpha value is -1.69. The molecule has 19 heavy (non-hydrogen) atoms. The summed E-state index contributed by atoms with van der Waals surface area (Å²) in [4.78, 5) is 39.4. The highest BCUT2D eigenvalue weighted by atomic mass is 32.2. The number of hydrogen-bond donors (Lipinski definition) is 0. The molecule has 1 amide bonds. The molecule has 0 saturated carbocycles. The fourth-order valence-corrected chi connectivity index (χ4v) is 2.78. The topological polar surface area (TPSA) is 67.3 Å². The van der Waals surface area contributed by atoms with Gasteiger partial charge in [-0.15, -0.1) is 0 Å². The maximum atomic E-state index is 12.0. The number of amides is 1. The van der Waals surface area contributed by atoms with E-state index >= 15 is 0 Å². The van der Waals surface area contributed by atoms with Crippen LogP contribution in [0, 0.1) is 5.92 Å². The van der Waals surface area contributed by atoms with E-state index in [4.69, 9.17) is 0 Å². The molecule has 0 spiro atoms. The lowest BCUT2D eigenvalue weighted by atomic mass is 10.1. The molecule has 100 valence electrons. The zero-order valence-electron chi connectivity index (χ0n) is 10.5. The van der Waals surface area contributed by atoms with Crippen molar-refractivity contribution in [1.29, 1.82) is 0 Å². The molecule has 1 unspecified atom stereocenters. The first-order valence-electron chi connectivity index (χ1n) is 5.94. The average molecular weight is 278 g/mol. The summed E-state index contributed by atoms with van der Waals surface area (Å²) >= 11 is 1.23. The number of anilines is 1. The van der Waals surface area contributed by atoms with Gasteiger partial charge in [-0.2, -0.15) is 0 Å². The van der Waals surface area contributed by atoms with Gasteiger partial charge in [0.1, 0.15) is 0 Å². The molecule has 1 aliphatic heterocycles. The quantitative estimate of drug-likeness (QED) is 0.781. The molecule has 1 aromatic heterocycles. The van der Waals surface area contributed by atoms with Crippen LogP contribution in [0.2, 0.25) is 0 Å². The number of aromatic nitrogens is 1. The van der Waals surface area contributed by atoms with Crippen molar-refractivity contribution in [2.24, 2.45) is 5.92 Å². The molecule has 1 aromatic rings. The van der Waals surface area contributed by atoms with Crippen LogP contribution >= 0.6 is 11.8 Å². The molecule has 1 fully saturated rings. The summed E-state index contributed by atoms with van der Waals surface area (Å²) in [6.45, 7) is 2.05. The summed E-state index contributed by atoms with van der Waals surface area (Å²) in [5.41, 5.74) is 1.01. The molecule has 0 radical (unpaired) electrons. The minimum Gasteiger partial charge on any atom is -0.310 e. The molecule has 1 aliphatic rings. The van der Waals surface area contributed by atoms with E-state index in [9.17, 15) is 14.4 Å². The Bertz CT molecular complexity index is 518. The van der Waals surface area contributed by atoms with Crippen molar-refractivity contribution in [2.75, 3.05) is 17.2 Å². The van der Waals surface area contributed by atoms with Crippen LogP contribution in [0.25, 0.3) is 0 Å². The number of carbonyl (C=O) groups is 3. The van der Waals surface area contributed by atoms with Gasteiger partial charge in [-0.1, -0.05) is 11.8 Å². The highest BCUT2D eigenvalue weighted by Gasteiger charge is 2.31. The predicted molar refractivity (Wildman–Crippen MR) is 73.2 cm³/mol. The lowest BCUT2D eigenvalue weighted by Gasteiger charge is -2.17. The normalized spacial score (nSPS) is 18.7. The summed E-state index contributed by atoms with van der Waals surface area (Å²) in [7, 11) is 0. The van der Waals surface area contributed by atoms with Crippen molar-refractivity contribution < 1.29 is 14.4 Å². The van der Waals surface area contributed by atoms with Crippen molar-refractivity contribution in [1.82, 2.24) is 4.98 Å². The largest absolute Gasteiger partial charge is 0.310 e. The van der Waals surface area contributed by atoms with Gasteiger partial charge in [0, 0.05) is 37.4 Å². The number of nitrogens with zero attached hydrogens (tertiary/aromatic N) is 2. The van der Waals surface area contributed by atoms with Crippen LogP contribution in [0.1, 0.15) is 23.7 Å². The van der Waals surface area contributed by atoms with Crippen molar-refractivity contribution in [2.45, 2.75) is 13.3 Å². The van der Waals surface area contributed by atoms with Crippen LogP contribution in [0.4, 0.5) is 5.69 Å². The molecule has 0 bridgehead atoms. The van der Waals surface area contributed by atoms with E-state index in [2.05, 4.69) is 4.98 Å². The lowest BCUT2D eigenvalue weighted by molar-refractivity contribution is -0.117. The highest BCUT2D eigenvalue weighted by molar-refractivity contribution is 8.13. The van der Waals surface area contributed by atoms with Crippen LogP contribution in [0.3, 0.4) is 0 Å². The zero-order chi connectivity index (χ0) is 13.8. The molecule has 0 aromatic carbocycles. The van der Waals surface area contributed by atoms with E-state index in [1.165, 1.54) is 31.1 Å². The van der Waals surface area contributed by atoms with Gasteiger partial charge in [-0.25, -0.2) is 0 Å². The molecule has 1 saturated heterocycles. The predicted octanol–water partition coefficient (Wildman–Crippen LogP) is 1.53. The van der Waals surface area contributed by atoms with Crippen LogP contribution < -0.4 is 4.90 Å². The van der Waals surface area contributed by atoms with Gasteiger partial charge < -0.3 is 4.90 Å². The Morgan fingerprint density at radius 3 is 3.11 bits per heavy atom. The molecule has 0 N–H and O–H groups in total. The van der Waals surface area contributed by atoms with Crippen LogP contribution in [-0.4, -0.2) is 34.6 Å². The van der Waals surface area contributed by atoms with E-state index in [1.54, 1.807) is 11.0 Å². The molecule has 6 heteroatoms. The summed E-state index contributed by atoms with van der Waals surface area (Å²) in [6.07, 6.45) is 4.19. The van der Waals surface area contributed by atoms with Gasteiger partial charge in [0.25, 0.3) is 0 Å². The van der Waals surface area contributed by atoms with E-state index in [0.717, 1.165) is 6.29 Å². The summed E-state index contributed by atoms with van der Waals surface area (Å²) in [5, 5.41) is 0.0563. The van der Waals surface area contributed by atoms with Gasteiger partial charge in [0.2, 0.25) is 5.91 Å². The summed E-state index contributed by atoms with van der Waals surface area (Å²) in [5.74, 6) is 0.750. The van der Waals surface area contributed by atoms with Crippen molar-refractivity contribution in [3.05, 3.63) is 24.0 Å². The number of carbonyl (C=O) groups excluding carboxylic acids is 3. The zero-order valence-corrected chi connectivity index (χ0v) is 11.4. The molecular formula is C13H14N2O3S. The maximum absolute atomic E-state index is 12.0. The highest BCUT2D eigenvalue weighted by Crippen LogP contribution is 2.28. The molecule has 2 heterocycles. The van der Waals surface area contributed by atoms with E-state index in [-0.39, 0.29) is 16.9 Å².